The lowest BCUT2D eigenvalue weighted by Gasteiger charge is -2.32. The molecule has 1 heterocycles. The normalized spacial score (nSPS) is 22.7. The van der Waals surface area contributed by atoms with Gasteiger partial charge in [0.1, 0.15) is 0 Å². The fraction of sp³-hybridized carbons (Fsp3) is 0.818. The Kier molecular flexibility index (Phi) is 5.30. The van der Waals surface area contributed by atoms with Crippen LogP contribution in [0.2, 0.25) is 0 Å². The average molecular weight is 293 g/mol. The molecule has 0 aromatic heterocycles. The van der Waals surface area contributed by atoms with Crippen LogP contribution in [0.3, 0.4) is 0 Å². The molecule has 8 heteroatoms. The highest BCUT2D eigenvalue weighted by Gasteiger charge is 2.37. The molecule has 1 rings (SSSR count). The van der Waals surface area contributed by atoms with Gasteiger partial charge in [-0.2, -0.15) is 0 Å². The number of esters is 1. The molecule has 0 radical (unpaired) electrons. The molecule has 0 saturated carbocycles. The number of ether oxygens (including phenoxy) is 1. The van der Waals surface area contributed by atoms with E-state index in [0.717, 1.165) is 7.11 Å². The van der Waals surface area contributed by atoms with E-state index in [4.69, 9.17) is 5.11 Å². The van der Waals surface area contributed by atoms with Crippen molar-refractivity contribution >= 4 is 22.0 Å². The van der Waals surface area contributed by atoms with E-state index < -0.39 is 27.2 Å². The summed E-state index contributed by atoms with van der Waals surface area (Å²) in [5.41, 5.74) is 0. The highest BCUT2D eigenvalue weighted by atomic mass is 32.2. The van der Waals surface area contributed by atoms with E-state index in [1.165, 1.54) is 11.2 Å². The van der Waals surface area contributed by atoms with Gasteiger partial charge in [0.2, 0.25) is 10.0 Å². The molecule has 0 aromatic rings. The number of sulfonamides is 1. The van der Waals surface area contributed by atoms with Crippen LogP contribution in [-0.4, -0.2) is 55.2 Å². The maximum Gasteiger partial charge on any atom is 0.325 e. The van der Waals surface area contributed by atoms with Crippen LogP contribution >= 0.6 is 0 Å². The molecule has 1 saturated heterocycles. The second kappa shape index (κ2) is 6.33. The number of methoxy groups -OCH3 is 1. The topological polar surface area (TPSA) is 101 Å². The molecule has 1 fully saturated rings. The minimum absolute atomic E-state index is 0.0569. The smallest absolute Gasteiger partial charge is 0.325 e. The predicted octanol–water partition coefficient (Wildman–Crippen LogP) is 0.0644. The second-order valence-corrected chi connectivity index (χ2v) is 6.93. The van der Waals surface area contributed by atoms with Crippen LogP contribution in [0.5, 0.6) is 0 Å². The van der Waals surface area contributed by atoms with Crippen molar-refractivity contribution < 1.29 is 27.9 Å². The number of piperidine rings is 1. The molecule has 0 spiro atoms. The summed E-state index contributed by atoms with van der Waals surface area (Å²) >= 11 is 0. The summed E-state index contributed by atoms with van der Waals surface area (Å²) < 4.78 is 30.0. The van der Waals surface area contributed by atoms with Crippen LogP contribution in [0.15, 0.2) is 0 Å². The van der Waals surface area contributed by atoms with E-state index in [1.807, 2.05) is 0 Å². The summed E-state index contributed by atoms with van der Waals surface area (Å²) in [6, 6.07) is 0. The molecule has 0 bridgehead atoms. The summed E-state index contributed by atoms with van der Waals surface area (Å²) in [6.45, 7) is 1.75. The Hall–Kier alpha value is -1.15. The van der Waals surface area contributed by atoms with Gasteiger partial charge >= 0.3 is 11.9 Å². The van der Waals surface area contributed by atoms with Gasteiger partial charge in [-0.3, -0.25) is 9.59 Å². The Bertz CT molecular complexity index is 446. The van der Waals surface area contributed by atoms with Gasteiger partial charge in [0, 0.05) is 19.5 Å². The predicted molar refractivity (Wildman–Crippen MR) is 66.9 cm³/mol. The van der Waals surface area contributed by atoms with Crippen molar-refractivity contribution in [3.8, 4) is 0 Å². The number of hydrogen-bond donors (Lipinski definition) is 1. The van der Waals surface area contributed by atoms with E-state index >= 15 is 0 Å². The van der Waals surface area contributed by atoms with E-state index in [1.54, 1.807) is 0 Å². The van der Waals surface area contributed by atoms with Gasteiger partial charge in [-0.15, -0.1) is 0 Å². The molecular formula is C11H19NO6S. The molecule has 2 atom stereocenters. The fourth-order valence-electron chi connectivity index (χ4n) is 2.18. The quantitative estimate of drug-likeness (QED) is 0.720. The fourth-order valence-corrected chi connectivity index (χ4v) is 3.77. The lowest BCUT2D eigenvalue weighted by molar-refractivity contribution is -0.140. The minimum Gasteiger partial charge on any atom is -0.481 e. The number of carboxylic acid groups (broad SMARTS) is 1. The van der Waals surface area contributed by atoms with Gasteiger partial charge in [0.05, 0.1) is 7.11 Å². The highest BCUT2D eigenvalue weighted by molar-refractivity contribution is 7.90. The molecular weight excluding hydrogens is 274 g/mol. The van der Waals surface area contributed by atoms with Crippen LogP contribution < -0.4 is 0 Å². The summed E-state index contributed by atoms with van der Waals surface area (Å²) in [4.78, 5) is 22.0. The number of hydrogen-bond acceptors (Lipinski definition) is 5. The first-order valence-electron chi connectivity index (χ1n) is 6.07. The van der Waals surface area contributed by atoms with E-state index in [9.17, 15) is 18.0 Å². The van der Waals surface area contributed by atoms with Crippen molar-refractivity contribution in [2.24, 2.45) is 5.92 Å². The molecule has 7 nitrogen and oxygen atoms in total. The average Bonchev–Trinajstić information content (AvgIpc) is 2.36. The molecule has 1 aliphatic rings. The van der Waals surface area contributed by atoms with Gasteiger partial charge in [0.15, 0.2) is 5.25 Å². The van der Waals surface area contributed by atoms with Crippen LogP contribution in [0.1, 0.15) is 26.2 Å². The third kappa shape index (κ3) is 3.90. The van der Waals surface area contributed by atoms with Crippen molar-refractivity contribution in [2.75, 3.05) is 20.2 Å². The first-order chi connectivity index (χ1) is 8.78. The SMILES string of the molecule is COC(=O)C(C)S(=O)(=O)N1CCCC(CC(=O)O)C1. The maximum absolute atomic E-state index is 12.2. The number of carboxylic acids is 1. The van der Waals surface area contributed by atoms with Gasteiger partial charge in [-0.25, -0.2) is 12.7 Å². The Labute approximate surface area is 112 Å². The van der Waals surface area contributed by atoms with Crippen molar-refractivity contribution in [2.45, 2.75) is 31.4 Å². The largest absolute Gasteiger partial charge is 0.481 e. The number of carbonyl (C=O) groups is 2. The molecule has 0 aromatic carbocycles. The maximum atomic E-state index is 12.2. The Morgan fingerprint density at radius 2 is 2.11 bits per heavy atom. The first-order valence-corrected chi connectivity index (χ1v) is 7.58. The monoisotopic (exact) mass is 293 g/mol. The summed E-state index contributed by atoms with van der Waals surface area (Å²) in [5.74, 6) is -1.95. The highest BCUT2D eigenvalue weighted by Crippen LogP contribution is 2.23. The van der Waals surface area contributed by atoms with Gasteiger partial charge in [-0.05, 0) is 25.7 Å². The lowest BCUT2D eigenvalue weighted by Crippen LogP contribution is -2.46. The Morgan fingerprint density at radius 1 is 1.47 bits per heavy atom. The zero-order valence-electron chi connectivity index (χ0n) is 11.0. The van der Waals surface area contributed by atoms with Crippen molar-refractivity contribution in [1.29, 1.82) is 0 Å². The first kappa shape index (κ1) is 15.9. The molecule has 0 aliphatic carbocycles. The summed E-state index contributed by atoms with van der Waals surface area (Å²) in [6.07, 6.45) is 1.23. The zero-order valence-corrected chi connectivity index (χ0v) is 11.9. The third-order valence-corrected chi connectivity index (χ3v) is 5.42. The van der Waals surface area contributed by atoms with Gasteiger partial charge < -0.3 is 9.84 Å². The number of aliphatic carboxylic acids is 1. The molecule has 1 N–H and O–H groups in total. The molecule has 2 unspecified atom stereocenters. The summed E-state index contributed by atoms with van der Waals surface area (Å²) in [5, 5.41) is 7.49. The van der Waals surface area contributed by atoms with Crippen LogP contribution in [0, 0.1) is 5.92 Å². The van der Waals surface area contributed by atoms with Crippen molar-refractivity contribution in [1.82, 2.24) is 4.31 Å². The van der Waals surface area contributed by atoms with E-state index in [0.29, 0.717) is 19.4 Å². The number of nitrogens with zero attached hydrogens (tertiary/aromatic N) is 1. The summed E-state index contributed by atoms with van der Waals surface area (Å²) in [7, 11) is -2.64. The van der Waals surface area contributed by atoms with Crippen LogP contribution in [0.25, 0.3) is 0 Å². The van der Waals surface area contributed by atoms with Crippen LogP contribution in [-0.2, 0) is 24.3 Å². The van der Waals surface area contributed by atoms with Crippen LogP contribution in [0.4, 0.5) is 0 Å². The van der Waals surface area contributed by atoms with Gasteiger partial charge in [-0.1, -0.05) is 0 Å². The standard InChI is InChI=1S/C11H19NO6S/c1-8(11(15)18-2)19(16,17)12-5-3-4-9(7-12)6-10(13)14/h8-9H,3-7H2,1-2H3,(H,13,14). The second-order valence-electron chi connectivity index (χ2n) is 4.67. The zero-order chi connectivity index (χ0) is 14.6. The van der Waals surface area contributed by atoms with Crippen molar-refractivity contribution in [3.05, 3.63) is 0 Å². The van der Waals surface area contributed by atoms with Gasteiger partial charge in [0.25, 0.3) is 0 Å². The molecule has 110 valence electrons. The molecule has 1 aliphatic heterocycles. The van der Waals surface area contributed by atoms with Crippen molar-refractivity contribution in [3.63, 3.8) is 0 Å². The molecule has 0 amide bonds. The minimum atomic E-state index is -3.78. The van der Waals surface area contributed by atoms with E-state index in [-0.39, 0.29) is 18.9 Å². The Balaban J connectivity index is 2.78. The number of rotatable bonds is 5. The molecule has 19 heavy (non-hydrogen) atoms. The van der Waals surface area contributed by atoms with E-state index in [2.05, 4.69) is 4.74 Å². The lowest BCUT2D eigenvalue weighted by atomic mass is 9.96. The Morgan fingerprint density at radius 3 is 2.63 bits per heavy atom. The third-order valence-electron chi connectivity index (χ3n) is 3.28. The number of carbonyl (C=O) groups excluding carboxylic acids is 1.